The van der Waals surface area contributed by atoms with Gasteiger partial charge >= 0.3 is 0 Å². The normalized spacial score (nSPS) is 13.9. The standard InChI is InChI=1S/C13H9NO3/c1-2-9-17-11-5-3-10(4-6-11)14-12(15)7-8-13(14)16/h1,3-8H,9H2. The van der Waals surface area contributed by atoms with Crippen LogP contribution >= 0.6 is 0 Å². The third kappa shape index (κ3) is 2.18. The molecule has 1 aliphatic rings. The van der Waals surface area contributed by atoms with Gasteiger partial charge in [0.2, 0.25) is 0 Å². The fourth-order valence-corrected chi connectivity index (χ4v) is 1.47. The van der Waals surface area contributed by atoms with E-state index in [-0.39, 0.29) is 18.4 Å². The topological polar surface area (TPSA) is 46.6 Å². The lowest BCUT2D eigenvalue weighted by Crippen LogP contribution is -2.29. The van der Waals surface area contributed by atoms with Crippen LogP contribution in [0.4, 0.5) is 5.69 Å². The van der Waals surface area contributed by atoms with Crippen LogP contribution in [0.1, 0.15) is 0 Å². The van der Waals surface area contributed by atoms with Gasteiger partial charge in [-0.05, 0) is 24.3 Å². The second-order valence-electron chi connectivity index (χ2n) is 3.33. The zero-order valence-corrected chi connectivity index (χ0v) is 8.92. The molecule has 0 fully saturated rings. The van der Waals surface area contributed by atoms with Crippen molar-refractivity contribution in [2.24, 2.45) is 0 Å². The van der Waals surface area contributed by atoms with Crippen LogP contribution in [0.3, 0.4) is 0 Å². The molecule has 0 radical (unpaired) electrons. The van der Waals surface area contributed by atoms with Crippen molar-refractivity contribution in [1.29, 1.82) is 0 Å². The van der Waals surface area contributed by atoms with E-state index in [9.17, 15) is 9.59 Å². The molecule has 0 spiro atoms. The molecule has 0 aliphatic carbocycles. The maximum atomic E-state index is 11.4. The molecule has 2 amide bonds. The van der Waals surface area contributed by atoms with Crippen molar-refractivity contribution in [3.8, 4) is 18.1 Å². The highest BCUT2D eigenvalue weighted by Crippen LogP contribution is 2.22. The molecule has 0 N–H and O–H groups in total. The molecule has 17 heavy (non-hydrogen) atoms. The first-order valence-corrected chi connectivity index (χ1v) is 4.95. The SMILES string of the molecule is C#CCOc1ccc(N2C(=O)C=CC2=O)cc1. The third-order valence-electron chi connectivity index (χ3n) is 2.23. The first-order valence-electron chi connectivity index (χ1n) is 4.95. The number of benzene rings is 1. The van der Waals surface area contributed by atoms with Crippen LogP contribution in [0.15, 0.2) is 36.4 Å². The van der Waals surface area contributed by atoms with Gasteiger partial charge in [-0.25, -0.2) is 4.90 Å². The van der Waals surface area contributed by atoms with Gasteiger partial charge in [0.05, 0.1) is 5.69 Å². The summed E-state index contributed by atoms with van der Waals surface area (Å²) < 4.78 is 5.19. The van der Waals surface area contributed by atoms with Crippen LogP contribution in [-0.4, -0.2) is 18.4 Å². The summed E-state index contributed by atoms with van der Waals surface area (Å²) in [5, 5.41) is 0. The van der Waals surface area contributed by atoms with Gasteiger partial charge in [0.1, 0.15) is 12.4 Å². The Bertz CT molecular complexity index is 505. The van der Waals surface area contributed by atoms with Crippen LogP contribution < -0.4 is 9.64 Å². The lowest BCUT2D eigenvalue weighted by molar-refractivity contribution is -0.119. The highest BCUT2D eigenvalue weighted by molar-refractivity contribution is 6.28. The lowest BCUT2D eigenvalue weighted by Gasteiger charge is -2.13. The Hall–Kier alpha value is -2.54. The van der Waals surface area contributed by atoms with Crippen molar-refractivity contribution in [2.45, 2.75) is 0 Å². The highest BCUT2D eigenvalue weighted by atomic mass is 16.5. The van der Waals surface area contributed by atoms with Crippen molar-refractivity contribution in [2.75, 3.05) is 11.5 Å². The molecule has 1 aromatic rings. The van der Waals surface area contributed by atoms with Gasteiger partial charge in [0, 0.05) is 12.2 Å². The highest BCUT2D eigenvalue weighted by Gasteiger charge is 2.24. The molecule has 0 unspecified atom stereocenters. The monoisotopic (exact) mass is 227 g/mol. The maximum Gasteiger partial charge on any atom is 0.258 e. The number of hydrogen-bond acceptors (Lipinski definition) is 3. The summed E-state index contributed by atoms with van der Waals surface area (Å²) in [6.07, 6.45) is 7.54. The minimum atomic E-state index is -0.340. The Morgan fingerprint density at radius 3 is 2.24 bits per heavy atom. The summed E-state index contributed by atoms with van der Waals surface area (Å²) in [7, 11) is 0. The largest absolute Gasteiger partial charge is 0.481 e. The Kier molecular flexibility index (Phi) is 2.93. The van der Waals surface area contributed by atoms with Gasteiger partial charge in [-0.2, -0.15) is 0 Å². The van der Waals surface area contributed by atoms with Gasteiger partial charge in [-0.15, -0.1) is 6.42 Å². The molecular weight excluding hydrogens is 218 g/mol. The minimum Gasteiger partial charge on any atom is -0.481 e. The van der Waals surface area contributed by atoms with Gasteiger partial charge in [0.15, 0.2) is 0 Å². The van der Waals surface area contributed by atoms with Gasteiger partial charge in [-0.1, -0.05) is 5.92 Å². The first kappa shape index (κ1) is 11.0. The van der Waals surface area contributed by atoms with E-state index < -0.39 is 0 Å². The number of ether oxygens (including phenoxy) is 1. The maximum absolute atomic E-state index is 11.4. The predicted octanol–water partition coefficient (Wildman–Crippen LogP) is 1.13. The van der Waals surface area contributed by atoms with E-state index in [1.807, 2.05) is 0 Å². The molecule has 0 saturated carbocycles. The van der Waals surface area contributed by atoms with E-state index in [0.29, 0.717) is 11.4 Å². The number of imide groups is 1. The Labute approximate surface area is 98.5 Å². The van der Waals surface area contributed by atoms with Crippen molar-refractivity contribution < 1.29 is 14.3 Å². The second-order valence-corrected chi connectivity index (χ2v) is 3.33. The molecule has 0 bridgehead atoms. The molecular formula is C13H9NO3. The van der Waals surface area contributed by atoms with E-state index in [1.165, 1.54) is 12.2 Å². The Morgan fingerprint density at radius 1 is 1.12 bits per heavy atom. The average Bonchev–Trinajstić information content (AvgIpc) is 2.67. The summed E-state index contributed by atoms with van der Waals surface area (Å²) in [6.45, 7) is 0.183. The van der Waals surface area contributed by atoms with Crippen LogP contribution in [0, 0.1) is 12.3 Å². The molecule has 1 heterocycles. The smallest absolute Gasteiger partial charge is 0.258 e. The number of anilines is 1. The molecule has 1 aromatic carbocycles. The summed E-state index contributed by atoms with van der Waals surface area (Å²) in [5.41, 5.74) is 0.512. The number of carbonyl (C=O) groups excluding carboxylic acids is 2. The van der Waals surface area contributed by atoms with Crippen molar-refractivity contribution in [1.82, 2.24) is 0 Å². The first-order chi connectivity index (χ1) is 8.22. The number of nitrogens with zero attached hydrogens (tertiary/aromatic N) is 1. The molecule has 0 aromatic heterocycles. The van der Waals surface area contributed by atoms with E-state index in [4.69, 9.17) is 11.2 Å². The van der Waals surface area contributed by atoms with Crippen molar-refractivity contribution in [3.05, 3.63) is 36.4 Å². The summed E-state index contributed by atoms with van der Waals surface area (Å²) in [5.74, 6) is 2.26. The van der Waals surface area contributed by atoms with Crippen molar-refractivity contribution >= 4 is 17.5 Å². The number of rotatable bonds is 3. The number of carbonyl (C=O) groups is 2. The number of terminal acetylenes is 1. The predicted molar refractivity (Wildman–Crippen MR) is 62.4 cm³/mol. The minimum absolute atomic E-state index is 0.183. The van der Waals surface area contributed by atoms with E-state index in [1.54, 1.807) is 24.3 Å². The molecule has 4 heteroatoms. The zero-order valence-electron chi connectivity index (χ0n) is 8.92. The van der Waals surface area contributed by atoms with Crippen LogP contribution in [0.25, 0.3) is 0 Å². The number of hydrogen-bond donors (Lipinski definition) is 0. The second kappa shape index (κ2) is 4.54. The molecule has 0 saturated heterocycles. The molecule has 0 atom stereocenters. The molecule has 2 rings (SSSR count). The summed E-state index contributed by atoms with van der Waals surface area (Å²) in [4.78, 5) is 23.9. The van der Waals surface area contributed by atoms with Gasteiger partial charge in [0.25, 0.3) is 11.8 Å². The fraction of sp³-hybridized carbons (Fsp3) is 0.0769. The molecule has 1 aliphatic heterocycles. The quantitative estimate of drug-likeness (QED) is 0.574. The van der Waals surface area contributed by atoms with Gasteiger partial charge in [-0.3, -0.25) is 9.59 Å². The summed E-state index contributed by atoms with van der Waals surface area (Å²) in [6, 6.07) is 6.58. The van der Waals surface area contributed by atoms with Crippen LogP contribution in [0.2, 0.25) is 0 Å². The Morgan fingerprint density at radius 2 is 1.71 bits per heavy atom. The van der Waals surface area contributed by atoms with Gasteiger partial charge < -0.3 is 4.74 Å². The lowest BCUT2D eigenvalue weighted by atomic mass is 10.3. The van der Waals surface area contributed by atoms with E-state index >= 15 is 0 Å². The van der Waals surface area contributed by atoms with Crippen LogP contribution in [0.5, 0.6) is 5.75 Å². The van der Waals surface area contributed by atoms with Crippen molar-refractivity contribution in [3.63, 3.8) is 0 Å². The Balaban J connectivity index is 2.16. The molecule has 4 nitrogen and oxygen atoms in total. The fourth-order valence-electron chi connectivity index (χ4n) is 1.47. The average molecular weight is 227 g/mol. The zero-order chi connectivity index (χ0) is 12.3. The third-order valence-corrected chi connectivity index (χ3v) is 2.23. The number of amides is 2. The van der Waals surface area contributed by atoms with E-state index in [0.717, 1.165) is 4.90 Å². The molecule has 84 valence electrons. The van der Waals surface area contributed by atoms with Crippen LogP contribution in [-0.2, 0) is 9.59 Å². The van der Waals surface area contributed by atoms with E-state index in [2.05, 4.69) is 5.92 Å². The summed E-state index contributed by atoms with van der Waals surface area (Å²) >= 11 is 0.